The molecule has 9 heteroatoms. The van der Waals surface area contributed by atoms with E-state index in [1.54, 1.807) is 19.1 Å². The number of fused-ring (bicyclic) bond motifs is 1. The van der Waals surface area contributed by atoms with Crippen LogP contribution in [-0.4, -0.2) is 39.5 Å². The maximum Gasteiger partial charge on any atom is 0.255 e. The van der Waals surface area contributed by atoms with Crippen LogP contribution in [0.5, 0.6) is 0 Å². The minimum absolute atomic E-state index is 0.109. The molecule has 3 aromatic rings. The second kappa shape index (κ2) is 9.41. The number of rotatable bonds is 7. The molecule has 0 saturated heterocycles. The van der Waals surface area contributed by atoms with Gasteiger partial charge in [0.15, 0.2) is 5.82 Å². The Morgan fingerprint density at radius 1 is 1.09 bits per heavy atom. The highest BCUT2D eigenvalue weighted by atomic mass is 19.1. The molecule has 1 aliphatic heterocycles. The molecule has 2 amide bonds. The minimum atomic E-state index is -0.781. The van der Waals surface area contributed by atoms with E-state index in [0.717, 1.165) is 23.3 Å². The van der Waals surface area contributed by atoms with Gasteiger partial charge in [0.05, 0.1) is 41.6 Å². The first-order valence-electron chi connectivity index (χ1n) is 10.5. The van der Waals surface area contributed by atoms with E-state index in [-0.39, 0.29) is 49.1 Å². The summed E-state index contributed by atoms with van der Waals surface area (Å²) in [6.45, 7) is 1.93. The minimum Gasteiger partial charge on any atom is -0.392 e. The summed E-state index contributed by atoms with van der Waals surface area (Å²) < 4.78 is 28.6. The topological polar surface area (TPSA) is 104 Å². The summed E-state index contributed by atoms with van der Waals surface area (Å²) in [5.41, 5.74) is 2.34. The highest BCUT2D eigenvalue weighted by molar-refractivity contribution is 5.99. The predicted octanol–water partition coefficient (Wildman–Crippen LogP) is 2.30. The first-order chi connectivity index (χ1) is 15.8. The molecule has 2 heterocycles. The fraction of sp³-hybridized carbons (Fsp3) is 0.250. The van der Waals surface area contributed by atoms with Crippen LogP contribution >= 0.6 is 0 Å². The average molecular weight is 452 g/mol. The molecular weight excluding hydrogens is 430 g/mol. The summed E-state index contributed by atoms with van der Waals surface area (Å²) in [6, 6.07) is 10.7. The molecule has 33 heavy (non-hydrogen) atoms. The number of nitrogens with zero attached hydrogens (tertiary/aromatic N) is 2. The van der Waals surface area contributed by atoms with Crippen LogP contribution in [0.3, 0.4) is 0 Å². The van der Waals surface area contributed by atoms with E-state index in [1.165, 1.54) is 6.07 Å². The molecule has 1 aromatic heterocycles. The van der Waals surface area contributed by atoms with Crippen molar-refractivity contribution in [2.75, 3.05) is 6.54 Å². The lowest BCUT2D eigenvalue weighted by Crippen LogP contribution is -2.31. The van der Waals surface area contributed by atoms with Crippen molar-refractivity contribution in [3.8, 4) is 11.4 Å². The van der Waals surface area contributed by atoms with E-state index in [2.05, 4.69) is 20.6 Å². The lowest BCUT2D eigenvalue weighted by atomic mass is 10.0. The molecule has 0 fully saturated rings. The Kier molecular flexibility index (Phi) is 6.41. The number of carbonyl (C=O) groups is 2. The van der Waals surface area contributed by atoms with Gasteiger partial charge in [0.1, 0.15) is 11.6 Å². The van der Waals surface area contributed by atoms with Crippen LogP contribution in [0.15, 0.2) is 42.5 Å². The number of aliphatic hydroxyl groups excluding tert-OH is 1. The van der Waals surface area contributed by atoms with Crippen LogP contribution in [0.25, 0.3) is 11.4 Å². The van der Waals surface area contributed by atoms with Gasteiger partial charge >= 0.3 is 0 Å². The van der Waals surface area contributed by atoms with E-state index in [1.807, 2.05) is 12.1 Å². The number of hydrogen-bond acceptors (Lipinski definition) is 5. The van der Waals surface area contributed by atoms with Crippen molar-refractivity contribution in [3.05, 3.63) is 82.2 Å². The molecule has 0 unspecified atom stereocenters. The lowest BCUT2D eigenvalue weighted by Gasteiger charge is -2.11. The van der Waals surface area contributed by atoms with Crippen molar-refractivity contribution >= 4 is 11.8 Å². The molecule has 1 aliphatic rings. The largest absolute Gasteiger partial charge is 0.392 e. The van der Waals surface area contributed by atoms with E-state index < -0.39 is 17.7 Å². The van der Waals surface area contributed by atoms with E-state index in [9.17, 15) is 23.5 Å². The zero-order valence-electron chi connectivity index (χ0n) is 17.9. The molecule has 170 valence electrons. The Labute approximate surface area is 188 Å². The lowest BCUT2D eigenvalue weighted by molar-refractivity contribution is -0.120. The second-order valence-electron chi connectivity index (χ2n) is 7.92. The van der Waals surface area contributed by atoms with Crippen molar-refractivity contribution in [2.24, 2.45) is 0 Å². The van der Waals surface area contributed by atoms with Gasteiger partial charge in [-0.3, -0.25) is 9.59 Å². The van der Waals surface area contributed by atoms with E-state index in [0.29, 0.717) is 17.0 Å². The highest BCUT2D eigenvalue weighted by Gasteiger charge is 2.28. The van der Waals surface area contributed by atoms with Gasteiger partial charge in [-0.15, -0.1) is 0 Å². The zero-order chi connectivity index (χ0) is 23.5. The molecule has 3 N–H and O–H groups in total. The number of amides is 2. The summed E-state index contributed by atoms with van der Waals surface area (Å²) in [6.07, 6.45) is -0.212. The number of benzene rings is 2. The third-order valence-electron chi connectivity index (χ3n) is 5.24. The highest BCUT2D eigenvalue weighted by Crippen LogP contribution is 2.27. The number of halogens is 2. The fourth-order valence-electron chi connectivity index (χ4n) is 3.63. The van der Waals surface area contributed by atoms with Crippen molar-refractivity contribution in [2.45, 2.75) is 32.4 Å². The maximum absolute atomic E-state index is 14.3. The first kappa shape index (κ1) is 22.5. The quantitative estimate of drug-likeness (QED) is 0.510. The first-order valence-corrected chi connectivity index (χ1v) is 10.5. The van der Waals surface area contributed by atoms with E-state index in [4.69, 9.17) is 0 Å². The van der Waals surface area contributed by atoms with Crippen LogP contribution in [0, 0.1) is 11.6 Å². The number of aliphatic hydroxyl groups is 1. The number of aromatic nitrogens is 2. The van der Waals surface area contributed by atoms with Crippen LogP contribution < -0.4 is 10.6 Å². The molecule has 0 saturated carbocycles. The summed E-state index contributed by atoms with van der Waals surface area (Å²) >= 11 is 0. The third kappa shape index (κ3) is 5.04. The van der Waals surface area contributed by atoms with Gasteiger partial charge in [0.25, 0.3) is 5.91 Å². The molecule has 7 nitrogen and oxygen atoms in total. The SMILES string of the molecule is C[C@@H](O)CNC(=O)Cc1ccc(Cc2nc(-c3c(F)cccc3F)nc3c2C(=O)NC3)cc1. The molecule has 4 rings (SSSR count). The summed E-state index contributed by atoms with van der Waals surface area (Å²) in [5.74, 6) is -2.20. The Balaban J connectivity index is 1.60. The normalized spacial score (nSPS) is 13.4. The third-order valence-corrected chi connectivity index (χ3v) is 5.24. The monoisotopic (exact) mass is 452 g/mol. The number of nitrogens with one attached hydrogen (secondary N) is 2. The Morgan fingerprint density at radius 3 is 2.42 bits per heavy atom. The van der Waals surface area contributed by atoms with Crippen molar-refractivity contribution in [1.82, 2.24) is 20.6 Å². The van der Waals surface area contributed by atoms with Crippen LogP contribution in [0.4, 0.5) is 8.78 Å². The molecule has 0 spiro atoms. The van der Waals surface area contributed by atoms with E-state index >= 15 is 0 Å². The van der Waals surface area contributed by atoms with Gasteiger partial charge in [-0.25, -0.2) is 18.7 Å². The second-order valence-corrected chi connectivity index (χ2v) is 7.92. The molecule has 0 bridgehead atoms. The summed E-state index contributed by atoms with van der Waals surface area (Å²) in [4.78, 5) is 32.9. The van der Waals surface area contributed by atoms with Crippen LogP contribution in [0.1, 0.15) is 39.8 Å². The molecule has 2 aromatic carbocycles. The Morgan fingerprint density at radius 2 is 1.76 bits per heavy atom. The predicted molar refractivity (Wildman–Crippen MR) is 116 cm³/mol. The fourth-order valence-corrected chi connectivity index (χ4v) is 3.63. The Hall–Kier alpha value is -3.72. The number of carbonyl (C=O) groups excluding carboxylic acids is 2. The number of hydrogen-bond donors (Lipinski definition) is 3. The Bertz CT molecular complexity index is 1190. The smallest absolute Gasteiger partial charge is 0.255 e. The van der Waals surface area contributed by atoms with Crippen molar-refractivity contribution in [3.63, 3.8) is 0 Å². The van der Waals surface area contributed by atoms with Gasteiger partial charge in [-0.1, -0.05) is 30.3 Å². The van der Waals surface area contributed by atoms with Gasteiger partial charge in [-0.2, -0.15) is 0 Å². The van der Waals surface area contributed by atoms with Gasteiger partial charge < -0.3 is 15.7 Å². The molecular formula is C24H22F2N4O3. The van der Waals surface area contributed by atoms with Crippen molar-refractivity contribution in [1.29, 1.82) is 0 Å². The standard InChI is InChI=1S/C24H22F2N4O3/c1-13(31)11-27-20(32)10-15-7-5-14(6-8-15)9-18-22-19(12-28-24(22)33)30-23(29-18)21-16(25)3-2-4-17(21)26/h2-8,13,31H,9-12H2,1H3,(H,27,32)(H,28,33)/t13-/m1/s1. The molecule has 0 radical (unpaired) electrons. The van der Waals surface area contributed by atoms with Crippen LogP contribution in [0.2, 0.25) is 0 Å². The zero-order valence-corrected chi connectivity index (χ0v) is 17.9. The average Bonchev–Trinajstić information content (AvgIpc) is 3.14. The molecule has 0 aliphatic carbocycles. The van der Waals surface area contributed by atoms with Crippen LogP contribution in [-0.2, 0) is 24.2 Å². The summed E-state index contributed by atoms with van der Waals surface area (Å²) in [5, 5.41) is 14.6. The maximum atomic E-state index is 14.3. The van der Waals surface area contributed by atoms with Gasteiger partial charge in [0, 0.05) is 13.0 Å². The van der Waals surface area contributed by atoms with Gasteiger partial charge in [-0.05, 0) is 30.2 Å². The molecule has 1 atom stereocenters. The van der Waals surface area contributed by atoms with Gasteiger partial charge in [0.2, 0.25) is 5.91 Å². The summed E-state index contributed by atoms with van der Waals surface area (Å²) in [7, 11) is 0. The van der Waals surface area contributed by atoms with Crippen molar-refractivity contribution < 1.29 is 23.5 Å².